The maximum atomic E-state index is 12.7. The topological polar surface area (TPSA) is 67.9 Å². The van der Waals surface area contributed by atoms with Gasteiger partial charge in [-0.05, 0) is 49.4 Å². The van der Waals surface area contributed by atoms with E-state index < -0.39 is 0 Å². The molecule has 3 rings (SSSR count). The number of hydrogen-bond donors (Lipinski definition) is 1. The minimum atomic E-state index is 0.0901. The third-order valence-electron chi connectivity index (χ3n) is 5.78. The summed E-state index contributed by atoms with van der Waals surface area (Å²) in [4.78, 5) is 26.8. The van der Waals surface area contributed by atoms with Crippen LogP contribution in [0, 0.1) is 0 Å². The number of piperidine rings is 1. The van der Waals surface area contributed by atoms with Gasteiger partial charge in [0, 0.05) is 31.1 Å². The monoisotopic (exact) mass is 424 g/mol. The molecule has 0 bridgehead atoms. The molecule has 0 unspecified atom stereocenters. The molecule has 1 aliphatic heterocycles. The first-order valence-corrected chi connectivity index (χ1v) is 10.9. The molecule has 1 N–H and O–H groups in total. The number of rotatable bonds is 9. The van der Waals surface area contributed by atoms with Crippen LogP contribution in [0.3, 0.4) is 0 Å². The molecule has 1 fully saturated rings. The number of methoxy groups -OCH3 is 2. The molecule has 0 aromatic heterocycles. The fourth-order valence-corrected chi connectivity index (χ4v) is 3.94. The summed E-state index contributed by atoms with van der Waals surface area (Å²) in [5.74, 6) is 1.78. The van der Waals surface area contributed by atoms with Crippen LogP contribution in [0.5, 0.6) is 11.5 Å². The van der Waals surface area contributed by atoms with Gasteiger partial charge in [-0.3, -0.25) is 9.59 Å². The molecular formula is C25H32N2O4. The van der Waals surface area contributed by atoms with Crippen LogP contribution in [0.15, 0.2) is 48.5 Å². The van der Waals surface area contributed by atoms with Gasteiger partial charge in [-0.15, -0.1) is 0 Å². The van der Waals surface area contributed by atoms with Crippen molar-refractivity contribution in [1.82, 2.24) is 10.2 Å². The fraction of sp³-hybridized carbons (Fsp3) is 0.440. The molecule has 2 aromatic rings. The van der Waals surface area contributed by atoms with Gasteiger partial charge in [-0.25, -0.2) is 0 Å². The zero-order valence-corrected chi connectivity index (χ0v) is 18.4. The summed E-state index contributed by atoms with van der Waals surface area (Å²) in [6.07, 6.45) is 4.12. The first-order valence-electron chi connectivity index (χ1n) is 10.9. The van der Waals surface area contributed by atoms with Crippen LogP contribution in [-0.2, 0) is 22.4 Å². The molecular weight excluding hydrogens is 392 g/mol. The minimum absolute atomic E-state index is 0.0901. The molecule has 2 aromatic carbocycles. The van der Waals surface area contributed by atoms with Gasteiger partial charge in [0.15, 0.2) is 0 Å². The maximum absolute atomic E-state index is 12.7. The van der Waals surface area contributed by atoms with E-state index in [1.54, 1.807) is 14.2 Å². The molecule has 1 saturated heterocycles. The van der Waals surface area contributed by atoms with Crippen LogP contribution in [0.4, 0.5) is 0 Å². The van der Waals surface area contributed by atoms with E-state index in [4.69, 9.17) is 9.47 Å². The van der Waals surface area contributed by atoms with E-state index in [9.17, 15) is 9.59 Å². The average molecular weight is 425 g/mol. The molecule has 31 heavy (non-hydrogen) atoms. The molecule has 1 heterocycles. The summed E-state index contributed by atoms with van der Waals surface area (Å²) >= 11 is 0. The normalized spacial score (nSPS) is 14.2. The van der Waals surface area contributed by atoms with Crippen LogP contribution in [0.25, 0.3) is 0 Å². The van der Waals surface area contributed by atoms with E-state index in [-0.39, 0.29) is 17.9 Å². The SMILES string of the molecule is COc1ccc(CCCC(=O)NC2CCN(C(=O)Cc3ccccc3OC)CC2)cc1. The molecule has 0 aliphatic carbocycles. The highest BCUT2D eigenvalue weighted by Gasteiger charge is 2.24. The lowest BCUT2D eigenvalue weighted by Crippen LogP contribution is -2.46. The fourth-order valence-electron chi connectivity index (χ4n) is 3.94. The Balaban J connectivity index is 1.36. The summed E-state index contributed by atoms with van der Waals surface area (Å²) in [5, 5.41) is 3.13. The van der Waals surface area contributed by atoms with Crippen molar-refractivity contribution >= 4 is 11.8 Å². The van der Waals surface area contributed by atoms with Gasteiger partial charge in [0.25, 0.3) is 0 Å². The van der Waals surface area contributed by atoms with E-state index in [1.165, 1.54) is 5.56 Å². The lowest BCUT2D eigenvalue weighted by Gasteiger charge is -2.32. The summed E-state index contributed by atoms with van der Waals surface area (Å²) in [5.41, 5.74) is 2.11. The standard InChI is InChI=1S/C25H32N2O4/c1-30-22-12-10-19(11-13-22)6-5-9-24(28)26-21-14-16-27(17-15-21)25(29)18-20-7-3-4-8-23(20)31-2/h3-4,7-8,10-13,21H,5-6,9,14-18H2,1-2H3,(H,26,28). The molecule has 0 spiro atoms. The number of carbonyl (C=O) groups is 2. The lowest BCUT2D eigenvalue weighted by atomic mass is 10.0. The Morgan fingerprint density at radius 2 is 1.71 bits per heavy atom. The Bertz CT molecular complexity index is 858. The minimum Gasteiger partial charge on any atom is -0.497 e. The van der Waals surface area contributed by atoms with Crippen molar-refractivity contribution in [1.29, 1.82) is 0 Å². The third kappa shape index (κ3) is 6.74. The van der Waals surface area contributed by atoms with E-state index in [1.807, 2.05) is 53.4 Å². The van der Waals surface area contributed by atoms with Crippen molar-refractivity contribution in [2.45, 2.75) is 44.6 Å². The van der Waals surface area contributed by atoms with Crippen molar-refractivity contribution in [3.05, 3.63) is 59.7 Å². The highest BCUT2D eigenvalue weighted by molar-refractivity contribution is 5.80. The smallest absolute Gasteiger partial charge is 0.227 e. The summed E-state index contributed by atoms with van der Waals surface area (Å²) in [6.45, 7) is 1.34. The van der Waals surface area contributed by atoms with Crippen molar-refractivity contribution in [3.63, 3.8) is 0 Å². The molecule has 6 heteroatoms. The van der Waals surface area contributed by atoms with E-state index >= 15 is 0 Å². The average Bonchev–Trinajstić information content (AvgIpc) is 2.80. The molecule has 0 radical (unpaired) electrons. The number of nitrogens with one attached hydrogen (secondary N) is 1. The van der Waals surface area contributed by atoms with Crippen LogP contribution in [-0.4, -0.2) is 50.1 Å². The van der Waals surface area contributed by atoms with Gasteiger partial charge in [0.2, 0.25) is 11.8 Å². The van der Waals surface area contributed by atoms with Crippen LogP contribution in [0.1, 0.15) is 36.8 Å². The number of likely N-dealkylation sites (tertiary alicyclic amines) is 1. The highest BCUT2D eigenvalue weighted by atomic mass is 16.5. The Morgan fingerprint density at radius 3 is 2.39 bits per heavy atom. The predicted octanol–water partition coefficient (Wildman–Crippen LogP) is 3.38. The zero-order valence-electron chi connectivity index (χ0n) is 18.4. The molecule has 0 saturated carbocycles. The van der Waals surface area contributed by atoms with E-state index in [0.717, 1.165) is 42.7 Å². The lowest BCUT2D eigenvalue weighted by molar-refractivity contribution is -0.131. The molecule has 6 nitrogen and oxygen atoms in total. The Morgan fingerprint density at radius 1 is 1.00 bits per heavy atom. The maximum Gasteiger partial charge on any atom is 0.227 e. The highest BCUT2D eigenvalue weighted by Crippen LogP contribution is 2.20. The van der Waals surface area contributed by atoms with E-state index in [2.05, 4.69) is 5.32 Å². The second kappa shape index (κ2) is 11.4. The second-order valence-corrected chi connectivity index (χ2v) is 7.91. The molecule has 2 amide bonds. The van der Waals surface area contributed by atoms with E-state index in [0.29, 0.717) is 25.9 Å². The molecule has 1 aliphatic rings. The van der Waals surface area contributed by atoms with Gasteiger partial charge < -0.3 is 19.7 Å². The summed E-state index contributed by atoms with van der Waals surface area (Å²) in [7, 11) is 3.27. The number of ether oxygens (including phenoxy) is 2. The number of nitrogens with zero attached hydrogens (tertiary/aromatic N) is 1. The van der Waals surface area contributed by atoms with Crippen LogP contribution in [0.2, 0.25) is 0 Å². The molecule has 0 atom stereocenters. The van der Waals surface area contributed by atoms with Crippen molar-refractivity contribution in [2.24, 2.45) is 0 Å². The second-order valence-electron chi connectivity index (χ2n) is 7.91. The van der Waals surface area contributed by atoms with Gasteiger partial charge in [-0.2, -0.15) is 0 Å². The number of aryl methyl sites for hydroxylation is 1. The van der Waals surface area contributed by atoms with Gasteiger partial charge in [0.05, 0.1) is 20.6 Å². The number of hydrogen-bond acceptors (Lipinski definition) is 4. The van der Waals surface area contributed by atoms with Crippen molar-refractivity contribution in [3.8, 4) is 11.5 Å². The summed E-state index contributed by atoms with van der Waals surface area (Å²) in [6, 6.07) is 15.7. The largest absolute Gasteiger partial charge is 0.497 e. The quantitative estimate of drug-likeness (QED) is 0.670. The van der Waals surface area contributed by atoms with Crippen LogP contribution >= 0.6 is 0 Å². The van der Waals surface area contributed by atoms with Crippen molar-refractivity contribution in [2.75, 3.05) is 27.3 Å². The number of amides is 2. The molecule has 166 valence electrons. The Labute approximate surface area is 184 Å². The Hall–Kier alpha value is -3.02. The van der Waals surface area contributed by atoms with Gasteiger partial charge in [0.1, 0.15) is 11.5 Å². The van der Waals surface area contributed by atoms with Gasteiger partial charge in [-0.1, -0.05) is 30.3 Å². The van der Waals surface area contributed by atoms with Crippen molar-refractivity contribution < 1.29 is 19.1 Å². The first kappa shape index (κ1) is 22.7. The number of para-hydroxylation sites is 1. The predicted molar refractivity (Wildman–Crippen MR) is 120 cm³/mol. The number of benzene rings is 2. The van der Waals surface area contributed by atoms with Gasteiger partial charge >= 0.3 is 0 Å². The zero-order chi connectivity index (χ0) is 22.1. The summed E-state index contributed by atoms with van der Waals surface area (Å²) < 4.78 is 10.5. The third-order valence-corrected chi connectivity index (χ3v) is 5.78. The first-order chi connectivity index (χ1) is 15.1. The Kier molecular flexibility index (Phi) is 8.33. The number of carbonyl (C=O) groups excluding carboxylic acids is 2. The van der Waals surface area contributed by atoms with Crippen LogP contribution < -0.4 is 14.8 Å².